The number of hydrogen-bond acceptors (Lipinski definition) is 3. The van der Waals surface area contributed by atoms with Gasteiger partial charge in [0.25, 0.3) is 5.91 Å². The van der Waals surface area contributed by atoms with E-state index in [4.69, 9.17) is 4.74 Å². The van der Waals surface area contributed by atoms with Crippen LogP contribution in [0.15, 0.2) is 53.5 Å². The van der Waals surface area contributed by atoms with Crippen molar-refractivity contribution in [3.8, 4) is 5.75 Å². The van der Waals surface area contributed by atoms with E-state index in [2.05, 4.69) is 15.6 Å². The first-order valence-electron chi connectivity index (χ1n) is 9.72. The maximum absolute atomic E-state index is 12.4. The third-order valence-corrected chi connectivity index (χ3v) is 4.32. The lowest BCUT2D eigenvalue weighted by atomic mass is 10.1. The van der Waals surface area contributed by atoms with E-state index >= 15 is 0 Å². The minimum atomic E-state index is -4.40. The summed E-state index contributed by atoms with van der Waals surface area (Å²) in [5, 5.41) is 6.23. The first-order valence-corrected chi connectivity index (χ1v) is 9.72. The fraction of sp³-hybridized carbons (Fsp3) is 0.364. The van der Waals surface area contributed by atoms with Gasteiger partial charge in [-0.25, -0.2) is 0 Å². The summed E-state index contributed by atoms with van der Waals surface area (Å²) in [6, 6.07) is 14.0. The Hall–Kier alpha value is -2.50. The average Bonchev–Trinajstić information content (AvgIpc) is 2.74. The Kier molecular flexibility index (Phi) is 11.3. The number of rotatable bonds is 8. The van der Waals surface area contributed by atoms with Crippen molar-refractivity contribution in [1.29, 1.82) is 0 Å². The molecular formula is C22H28F3IN4O2. The van der Waals surface area contributed by atoms with Crippen molar-refractivity contribution in [1.82, 2.24) is 15.5 Å². The number of para-hydroxylation sites is 1. The lowest BCUT2D eigenvalue weighted by Crippen LogP contribution is -2.38. The zero-order valence-electron chi connectivity index (χ0n) is 18.2. The summed E-state index contributed by atoms with van der Waals surface area (Å²) in [6.07, 6.45) is -3.73. The van der Waals surface area contributed by atoms with Gasteiger partial charge in [-0.15, -0.1) is 24.0 Å². The molecule has 0 saturated heterocycles. The van der Waals surface area contributed by atoms with Crippen LogP contribution in [0.3, 0.4) is 0 Å². The molecule has 0 aromatic heterocycles. The van der Waals surface area contributed by atoms with Gasteiger partial charge in [0.05, 0.1) is 0 Å². The van der Waals surface area contributed by atoms with Crippen molar-refractivity contribution in [3.63, 3.8) is 0 Å². The number of benzene rings is 2. The van der Waals surface area contributed by atoms with Crippen molar-refractivity contribution in [2.24, 2.45) is 4.99 Å². The maximum atomic E-state index is 12.4. The fourth-order valence-electron chi connectivity index (χ4n) is 2.79. The van der Waals surface area contributed by atoms with E-state index < -0.39 is 12.8 Å². The minimum Gasteiger partial charge on any atom is -0.484 e. The molecule has 2 N–H and O–H groups in total. The summed E-state index contributed by atoms with van der Waals surface area (Å²) in [4.78, 5) is 17.7. The number of aliphatic imine (C=N–C) groups is 1. The highest BCUT2D eigenvalue weighted by Gasteiger charge is 2.28. The second-order valence-electron chi connectivity index (χ2n) is 7.01. The number of carbonyl (C=O) groups excluding carboxylic acids is 1. The lowest BCUT2D eigenvalue weighted by molar-refractivity contribution is -0.153. The third kappa shape index (κ3) is 9.33. The van der Waals surface area contributed by atoms with E-state index in [0.29, 0.717) is 30.1 Å². The summed E-state index contributed by atoms with van der Waals surface area (Å²) in [5.41, 5.74) is 2.21. The normalized spacial score (nSPS) is 11.4. The number of nitrogens with zero attached hydrogens (tertiary/aromatic N) is 2. The molecule has 176 valence electrons. The third-order valence-electron chi connectivity index (χ3n) is 4.32. The zero-order chi connectivity index (χ0) is 22.9. The van der Waals surface area contributed by atoms with E-state index in [1.165, 1.54) is 11.0 Å². The molecule has 32 heavy (non-hydrogen) atoms. The first-order chi connectivity index (χ1) is 14.7. The Morgan fingerprint density at radius 2 is 1.81 bits per heavy atom. The Morgan fingerprint density at radius 1 is 1.09 bits per heavy atom. The number of halogens is 4. The molecule has 0 unspecified atom stereocenters. The van der Waals surface area contributed by atoms with E-state index in [1.807, 2.05) is 18.2 Å². The summed E-state index contributed by atoms with van der Waals surface area (Å²) < 4.78 is 42.2. The van der Waals surface area contributed by atoms with Crippen LogP contribution in [-0.2, 0) is 13.0 Å². The summed E-state index contributed by atoms with van der Waals surface area (Å²) in [6.45, 7) is -0.529. The van der Waals surface area contributed by atoms with E-state index in [9.17, 15) is 18.0 Å². The number of amides is 1. The highest BCUT2D eigenvalue weighted by Crippen LogP contribution is 2.22. The molecule has 0 spiro atoms. The molecule has 6 nitrogen and oxygen atoms in total. The lowest BCUT2D eigenvalue weighted by Gasteiger charge is -2.16. The number of carbonyl (C=O) groups is 1. The Morgan fingerprint density at radius 3 is 2.47 bits per heavy atom. The van der Waals surface area contributed by atoms with Crippen LogP contribution in [0, 0.1) is 0 Å². The number of nitrogens with one attached hydrogen (secondary N) is 2. The van der Waals surface area contributed by atoms with Crippen LogP contribution in [0.1, 0.15) is 21.5 Å². The zero-order valence-corrected chi connectivity index (χ0v) is 20.5. The molecule has 1 amide bonds. The second-order valence-corrected chi connectivity index (χ2v) is 7.01. The summed E-state index contributed by atoms with van der Waals surface area (Å²) >= 11 is 0. The van der Waals surface area contributed by atoms with Gasteiger partial charge in [-0.05, 0) is 30.2 Å². The number of hydrogen-bond donors (Lipinski definition) is 2. The highest BCUT2D eigenvalue weighted by atomic mass is 127. The molecule has 2 aromatic rings. The maximum Gasteiger partial charge on any atom is 0.422 e. The molecule has 0 fully saturated rings. The van der Waals surface area contributed by atoms with Gasteiger partial charge in [-0.2, -0.15) is 13.2 Å². The van der Waals surface area contributed by atoms with Gasteiger partial charge in [0, 0.05) is 45.4 Å². The molecule has 2 rings (SSSR count). The number of guanidine groups is 1. The van der Waals surface area contributed by atoms with Gasteiger partial charge in [0.15, 0.2) is 12.6 Å². The van der Waals surface area contributed by atoms with Gasteiger partial charge in [0.1, 0.15) is 5.75 Å². The topological polar surface area (TPSA) is 66.0 Å². The van der Waals surface area contributed by atoms with Crippen LogP contribution in [-0.4, -0.2) is 57.2 Å². The standard InChI is InChI=1S/C22H27F3N4O2.HI/c1-26-21(27-12-11-16-7-6-9-17(13-16)20(30)29(2)3)28-14-18-8-4-5-10-19(18)31-15-22(23,24)25;/h4-10,13H,11-12,14-15H2,1-3H3,(H2,26,27,28);1H. The van der Waals surface area contributed by atoms with Crippen molar-refractivity contribution in [2.75, 3.05) is 34.3 Å². The Bertz CT molecular complexity index is 905. The van der Waals surface area contributed by atoms with Gasteiger partial charge < -0.3 is 20.3 Å². The van der Waals surface area contributed by atoms with Crippen molar-refractivity contribution < 1.29 is 22.7 Å². The molecule has 2 aromatic carbocycles. The average molecular weight is 564 g/mol. The monoisotopic (exact) mass is 564 g/mol. The molecule has 0 heterocycles. The molecule has 0 aliphatic heterocycles. The first kappa shape index (κ1) is 27.5. The molecule has 0 radical (unpaired) electrons. The molecular weight excluding hydrogens is 536 g/mol. The summed E-state index contributed by atoms with van der Waals surface area (Å²) in [7, 11) is 5.02. The van der Waals surface area contributed by atoms with Crippen LogP contribution in [0.5, 0.6) is 5.75 Å². The summed E-state index contributed by atoms with van der Waals surface area (Å²) in [5.74, 6) is 0.620. The second kappa shape index (κ2) is 13.1. The van der Waals surface area contributed by atoms with Crippen molar-refractivity contribution >= 4 is 35.8 Å². The number of ether oxygens (including phenoxy) is 1. The largest absolute Gasteiger partial charge is 0.484 e. The van der Waals surface area contributed by atoms with E-state index in [0.717, 1.165) is 5.56 Å². The predicted molar refractivity (Wildman–Crippen MR) is 130 cm³/mol. The van der Waals surface area contributed by atoms with Gasteiger partial charge in [-0.1, -0.05) is 30.3 Å². The smallest absolute Gasteiger partial charge is 0.422 e. The quantitative estimate of drug-likeness (QED) is 0.291. The Balaban J connectivity index is 0.00000512. The molecule has 10 heteroatoms. The molecule has 0 bridgehead atoms. The number of alkyl halides is 3. The van der Waals surface area contributed by atoms with Gasteiger partial charge >= 0.3 is 6.18 Å². The van der Waals surface area contributed by atoms with E-state index in [-0.39, 0.29) is 42.2 Å². The van der Waals surface area contributed by atoms with Crippen LogP contribution in [0.25, 0.3) is 0 Å². The molecule has 0 saturated carbocycles. The van der Waals surface area contributed by atoms with E-state index in [1.54, 1.807) is 45.4 Å². The van der Waals surface area contributed by atoms with Crippen LogP contribution < -0.4 is 15.4 Å². The fourth-order valence-corrected chi connectivity index (χ4v) is 2.79. The molecule has 0 atom stereocenters. The van der Waals surface area contributed by atoms with Gasteiger partial charge in [0.2, 0.25) is 0 Å². The SMILES string of the molecule is CN=C(NCCc1cccc(C(=O)N(C)C)c1)NCc1ccccc1OCC(F)(F)F.I. The molecule has 0 aliphatic carbocycles. The van der Waals surface area contributed by atoms with Crippen LogP contribution in [0.2, 0.25) is 0 Å². The van der Waals surface area contributed by atoms with Crippen molar-refractivity contribution in [3.05, 3.63) is 65.2 Å². The molecule has 0 aliphatic rings. The predicted octanol–water partition coefficient (Wildman–Crippen LogP) is 3.86. The van der Waals surface area contributed by atoms with Crippen LogP contribution >= 0.6 is 24.0 Å². The van der Waals surface area contributed by atoms with Crippen LogP contribution in [0.4, 0.5) is 13.2 Å². The minimum absolute atomic E-state index is 0. The Labute approximate surface area is 203 Å². The van der Waals surface area contributed by atoms with Crippen molar-refractivity contribution in [2.45, 2.75) is 19.1 Å². The highest BCUT2D eigenvalue weighted by molar-refractivity contribution is 14.0. The van der Waals surface area contributed by atoms with Gasteiger partial charge in [-0.3, -0.25) is 9.79 Å².